The average molecular weight is 276 g/mol. The van der Waals surface area contributed by atoms with Crippen LogP contribution in [-0.4, -0.2) is 53.0 Å². The highest BCUT2D eigenvalue weighted by molar-refractivity contribution is 5.84. The molecule has 1 aliphatic rings. The maximum Gasteiger partial charge on any atom is 0.323 e. The lowest BCUT2D eigenvalue weighted by molar-refractivity contribution is -0.145. The van der Waals surface area contributed by atoms with Crippen molar-refractivity contribution in [3.8, 4) is 0 Å². The van der Waals surface area contributed by atoms with Gasteiger partial charge in [0.25, 0.3) is 0 Å². The van der Waals surface area contributed by atoms with Crippen molar-refractivity contribution in [2.45, 2.75) is 25.9 Å². The largest absolute Gasteiger partial charge is 0.480 e. The summed E-state index contributed by atoms with van der Waals surface area (Å²) < 4.78 is 0. The number of amides is 1. The zero-order valence-electron chi connectivity index (χ0n) is 11.9. The van der Waals surface area contributed by atoms with Crippen LogP contribution in [0, 0.1) is 0 Å². The first-order chi connectivity index (χ1) is 9.49. The number of likely N-dealkylation sites (N-methyl/N-ethyl adjacent to an activating group) is 1. The Labute approximate surface area is 118 Å². The number of benzene rings is 1. The molecule has 0 spiro atoms. The third-order valence-electron chi connectivity index (χ3n) is 3.81. The highest BCUT2D eigenvalue weighted by Crippen LogP contribution is 2.20. The second-order valence-corrected chi connectivity index (χ2v) is 5.25. The molecule has 0 saturated carbocycles. The van der Waals surface area contributed by atoms with Crippen LogP contribution in [-0.2, 0) is 22.6 Å². The molecule has 1 heterocycles. The fraction of sp³-hybridized carbons (Fsp3) is 0.467. The summed E-state index contributed by atoms with van der Waals surface area (Å²) in [4.78, 5) is 26.3. The Kier molecular flexibility index (Phi) is 4.39. The lowest BCUT2D eigenvalue weighted by Gasteiger charge is -2.34. The maximum atomic E-state index is 12.2. The molecule has 0 bridgehead atoms. The summed E-state index contributed by atoms with van der Waals surface area (Å²) >= 11 is 0. The van der Waals surface area contributed by atoms with E-state index in [1.807, 2.05) is 19.1 Å². The van der Waals surface area contributed by atoms with Crippen molar-refractivity contribution >= 4 is 11.9 Å². The normalized spacial score (nSPS) is 16.3. The van der Waals surface area contributed by atoms with Crippen molar-refractivity contribution < 1.29 is 14.7 Å². The monoisotopic (exact) mass is 276 g/mol. The molecule has 5 nitrogen and oxygen atoms in total. The van der Waals surface area contributed by atoms with Gasteiger partial charge in [0.05, 0.1) is 6.04 Å². The van der Waals surface area contributed by atoms with E-state index in [0.717, 1.165) is 19.5 Å². The van der Waals surface area contributed by atoms with E-state index < -0.39 is 5.97 Å². The van der Waals surface area contributed by atoms with Gasteiger partial charge in [0.15, 0.2) is 0 Å². The number of aliphatic carboxylic acids is 1. The van der Waals surface area contributed by atoms with Gasteiger partial charge < -0.3 is 10.0 Å². The minimum absolute atomic E-state index is 0.146. The second kappa shape index (κ2) is 6.05. The number of carboxylic acid groups (broad SMARTS) is 1. The minimum atomic E-state index is -0.989. The zero-order valence-corrected chi connectivity index (χ0v) is 11.9. The van der Waals surface area contributed by atoms with Crippen LogP contribution < -0.4 is 0 Å². The molecule has 0 aromatic heterocycles. The molecule has 5 heteroatoms. The van der Waals surface area contributed by atoms with E-state index in [9.17, 15) is 9.59 Å². The van der Waals surface area contributed by atoms with E-state index in [0.29, 0.717) is 0 Å². The molecule has 2 rings (SSSR count). The van der Waals surface area contributed by atoms with E-state index in [-0.39, 0.29) is 18.5 Å². The van der Waals surface area contributed by atoms with Gasteiger partial charge in [0.2, 0.25) is 5.91 Å². The zero-order chi connectivity index (χ0) is 14.7. The molecule has 0 aliphatic carbocycles. The van der Waals surface area contributed by atoms with Crippen LogP contribution in [0.25, 0.3) is 0 Å². The van der Waals surface area contributed by atoms with Crippen LogP contribution >= 0.6 is 0 Å². The van der Waals surface area contributed by atoms with Gasteiger partial charge in [-0.3, -0.25) is 14.5 Å². The second-order valence-electron chi connectivity index (χ2n) is 5.25. The molecule has 1 aromatic rings. The van der Waals surface area contributed by atoms with Crippen LogP contribution in [0.4, 0.5) is 0 Å². The van der Waals surface area contributed by atoms with Crippen LogP contribution in [0.5, 0.6) is 0 Å². The molecule has 1 N–H and O–H groups in total. The number of hydrogen-bond donors (Lipinski definition) is 1. The molecular formula is C15H20N2O3. The lowest BCUT2D eigenvalue weighted by Crippen LogP contribution is -2.48. The first kappa shape index (κ1) is 14.5. The van der Waals surface area contributed by atoms with Gasteiger partial charge in [0.1, 0.15) is 6.54 Å². The van der Waals surface area contributed by atoms with Crippen molar-refractivity contribution in [2.75, 3.05) is 20.1 Å². The van der Waals surface area contributed by atoms with E-state index in [2.05, 4.69) is 17.0 Å². The van der Waals surface area contributed by atoms with Crippen LogP contribution in [0.3, 0.4) is 0 Å². The number of fused-ring (bicyclic) bond motifs is 1. The predicted molar refractivity (Wildman–Crippen MR) is 75.3 cm³/mol. The maximum absolute atomic E-state index is 12.2. The molecular weight excluding hydrogens is 256 g/mol. The summed E-state index contributed by atoms with van der Waals surface area (Å²) in [6, 6.07) is 7.94. The Morgan fingerprint density at radius 2 is 2.00 bits per heavy atom. The standard InChI is InChI=1S/C15H20N2O3/c1-11(15(20)16(2)10-14(18)19)17-8-7-12-5-3-4-6-13(12)9-17/h3-6,11H,7-10H2,1-2H3,(H,18,19)/t11-/m0/s1. The fourth-order valence-corrected chi connectivity index (χ4v) is 2.60. The predicted octanol–water partition coefficient (Wildman–Crippen LogP) is 0.976. The highest BCUT2D eigenvalue weighted by Gasteiger charge is 2.27. The molecule has 1 aliphatic heterocycles. The van der Waals surface area contributed by atoms with Gasteiger partial charge in [-0.2, -0.15) is 0 Å². The van der Waals surface area contributed by atoms with Crippen molar-refractivity contribution in [1.29, 1.82) is 0 Å². The highest BCUT2D eigenvalue weighted by atomic mass is 16.4. The number of hydrogen-bond acceptors (Lipinski definition) is 3. The lowest BCUT2D eigenvalue weighted by atomic mass is 9.98. The van der Waals surface area contributed by atoms with Gasteiger partial charge >= 0.3 is 5.97 Å². The summed E-state index contributed by atoms with van der Waals surface area (Å²) in [5, 5.41) is 8.75. The summed E-state index contributed by atoms with van der Waals surface area (Å²) in [6.07, 6.45) is 0.927. The number of rotatable bonds is 4. The van der Waals surface area contributed by atoms with Crippen molar-refractivity contribution in [3.05, 3.63) is 35.4 Å². The van der Waals surface area contributed by atoms with Crippen LogP contribution in [0.2, 0.25) is 0 Å². The van der Waals surface area contributed by atoms with Crippen LogP contribution in [0.15, 0.2) is 24.3 Å². The van der Waals surface area contributed by atoms with E-state index in [4.69, 9.17) is 5.11 Å². The number of carboxylic acids is 1. The third kappa shape index (κ3) is 3.17. The van der Waals surface area contributed by atoms with Crippen LogP contribution in [0.1, 0.15) is 18.1 Å². The Morgan fingerprint density at radius 1 is 1.35 bits per heavy atom. The van der Waals surface area contributed by atoms with Gasteiger partial charge in [0, 0.05) is 20.1 Å². The Hall–Kier alpha value is -1.88. The van der Waals surface area contributed by atoms with E-state index >= 15 is 0 Å². The number of nitrogens with zero attached hydrogens (tertiary/aromatic N) is 2. The number of carbonyl (C=O) groups excluding carboxylic acids is 1. The Morgan fingerprint density at radius 3 is 2.65 bits per heavy atom. The Balaban J connectivity index is 2.02. The van der Waals surface area contributed by atoms with Crippen molar-refractivity contribution in [3.63, 3.8) is 0 Å². The summed E-state index contributed by atoms with van der Waals surface area (Å²) in [5.41, 5.74) is 2.58. The summed E-state index contributed by atoms with van der Waals surface area (Å²) in [5.74, 6) is -1.14. The van der Waals surface area contributed by atoms with Gasteiger partial charge in [-0.15, -0.1) is 0 Å². The molecule has 0 radical (unpaired) electrons. The third-order valence-corrected chi connectivity index (χ3v) is 3.81. The molecule has 0 fully saturated rings. The van der Waals surface area contributed by atoms with Gasteiger partial charge in [-0.25, -0.2) is 0 Å². The molecule has 0 saturated heterocycles. The average Bonchev–Trinajstić information content (AvgIpc) is 2.44. The quantitative estimate of drug-likeness (QED) is 0.890. The summed E-state index contributed by atoms with van der Waals surface area (Å²) in [7, 11) is 1.53. The molecule has 108 valence electrons. The van der Waals surface area contributed by atoms with E-state index in [1.165, 1.54) is 23.1 Å². The molecule has 0 unspecified atom stereocenters. The molecule has 1 aromatic carbocycles. The van der Waals surface area contributed by atoms with E-state index in [1.54, 1.807) is 0 Å². The first-order valence-electron chi connectivity index (χ1n) is 6.76. The molecule has 20 heavy (non-hydrogen) atoms. The molecule has 1 atom stereocenters. The number of carbonyl (C=O) groups is 2. The first-order valence-corrected chi connectivity index (χ1v) is 6.76. The van der Waals surface area contributed by atoms with Gasteiger partial charge in [-0.1, -0.05) is 24.3 Å². The summed E-state index contributed by atoms with van der Waals surface area (Å²) in [6.45, 7) is 3.15. The topological polar surface area (TPSA) is 60.9 Å². The molecule has 1 amide bonds. The SMILES string of the molecule is C[C@@H](C(=O)N(C)CC(=O)O)N1CCc2ccccc2C1. The fourth-order valence-electron chi connectivity index (χ4n) is 2.60. The smallest absolute Gasteiger partial charge is 0.323 e. The van der Waals surface area contributed by atoms with Crippen molar-refractivity contribution in [2.24, 2.45) is 0 Å². The van der Waals surface area contributed by atoms with Crippen molar-refractivity contribution in [1.82, 2.24) is 9.80 Å². The minimum Gasteiger partial charge on any atom is -0.480 e. The Bertz CT molecular complexity index is 516. The van der Waals surface area contributed by atoms with Gasteiger partial charge in [-0.05, 0) is 24.5 Å².